The van der Waals surface area contributed by atoms with E-state index in [1.54, 1.807) is 12.1 Å². The molecular weight excluding hydrogens is 331 g/mol. The lowest BCUT2D eigenvalue weighted by Gasteiger charge is -2.08. The van der Waals surface area contributed by atoms with Gasteiger partial charge < -0.3 is 4.74 Å². The minimum absolute atomic E-state index is 0.0877. The Labute approximate surface area is 139 Å². The van der Waals surface area contributed by atoms with E-state index >= 15 is 0 Å². The van der Waals surface area contributed by atoms with Crippen LogP contribution in [0.3, 0.4) is 0 Å². The Hall–Kier alpha value is -2.43. The number of nitriles is 1. The molecule has 0 aromatic heterocycles. The summed E-state index contributed by atoms with van der Waals surface area (Å²) in [5.41, 5.74) is 1.19. The first-order valence-corrected chi connectivity index (χ1v) is 8.88. The van der Waals surface area contributed by atoms with Crippen LogP contribution in [0.15, 0.2) is 47.4 Å². The lowest BCUT2D eigenvalue weighted by atomic mass is 10.1. The molecule has 0 radical (unpaired) electrons. The lowest BCUT2D eigenvalue weighted by molar-refractivity contribution is 0.295. The highest BCUT2D eigenvalue weighted by Crippen LogP contribution is 2.47. The van der Waals surface area contributed by atoms with Gasteiger partial charge in [0, 0.05) is 5.92 Å². The molecule has 1 aliphatic rings. The zero-order valence-electron chi connectivity index (χ0n) is 12.6. The van der Waals surface area contributed by atoms with Crippen molar-refractivity contribution in [1.29, 1.82) is 5.26 Å². The van der Waals surface area contributed by atoms with E-state index < -0.39 is 15.8 Å². The van der Waals surface area contributed by atoms with Crippen molar-refractivity contribution in [2.45, 2.75) is 17.2 Å². The van der Waals surface area contributed by atoms with Crippen LogP contribution in [0.5, 0.6) is 5.75 Å². The number of primary sulfonamides is 1. The molecule has 0 bridgehead atoms. The van der Waals surface area contributed by atoms with Crippen molar-refractivity contribution in [1.82, 2.24) is 0 Å². The summed E-state index contributed by atoms with van der Waals surface area (Å²) in [5, 5.41) is 14.1. The lowest BCUT2D eigenvalue weighted by Crippen LogP contribution is -2.11. The Balaban J connectivity index is 1.62. The maximum absolute atomic E-state index is 13.1. The molecule has 2 atom stereocenters. The summed E-state index contributed by atoms with van der Waals surface area (Å²) < 4.78 is 41.2. The Bertz CT molecular complexity index is 904. The SMILES string of the molecule is N#Cc1cc(F)ccc1OC[C@@H]1C[C@@H]1c1ccc(S(N)(=O)=O)cc1. The third-order valence-corrected chi connectivity index (χ3v) is 5.00. The zero-order chi connectivity index (χ0) is 17.3. The van der Waals surface area contributed by atoms with E-state index in [9.17, 15) is 12.8 Å². The molecule has 0 unspecified atom stereocenters. The quantitative estimate of drug-likeness (QED) is 0.900. The molecule has 0 spiro atoms. The van der Waals surface area contributed by atoms with Crippen molar-refractivity contribution in [3.63, 3.8) is 0 Å². The van der Waals surface area contributed by atoms with Crippen LogP contribution in [0.1, 0.15) is 23.5 Å². The average molecular weight is 346 g/mol. The maximum Gasteiger partial charge on any atom is 0.238 e. The Morgan fingerprint density at radius 1 is 1.25 bits per heavy atom. The van der Waals surface area contributed by atoms with Crippen molar-refractivity contribution in [2.24, 2.45) is 11.1 Å². The second-order valence-corrected chi connectivity index (χ2v) is 7.34. The predicted molar refractivity (Wildman–Crippen MR) is 85.3 cm³/mol. The summed E-state index contributed by atoms with van der Waals surface area (Å²) in [6, 6.07) is 12.3. The van der Waals surface area contributed by atoms with Gasteiger partial charge in [0.25, 0.3) is 0 Å². The van der Waals surface area contributed by atoms with E-state index in [1.165, 1.54) is 24.3 Å². The van der Waals surface area contributed by atoms with Crippen LogP contribution < -0.4 is 9.88 Å². The van der Waals surface area contributed by atoms with Crippen LogP contribution in [0.4, 0.5) is 4.39 Å². The molecule has 0 amide bonds. The van der Waals surface area contributed by atoms with E-state index in [0.717, 1.165) is 18.1 Å². The van der Waals surface area contributed by atoms with Gasteiger partial charge in [0.15, 0.2) is 0 Å². The van der Waals surface area contributed by atoms with E-state index in [-0.39, 0.29) is 22.3 Å². The van der Waals surface area contributed by atoms with E-state index in [4.69, 9.17) is 15.1 Å². The van der Waals surface area contributed by atoms with Gasteiger partial charge in [0.05, 0.1) is 17.1 Å². The molecule has 0 aliphatic heterocycles. The number of ether oxygens (including phenoxy) is 1. The topological polar surface area (TPSA) is 93.2 Å². The average Bonchev–Trinajstić information content (AvgIpc) is 3.32. The maximum atomic E-state index is 13.1. The largest absolute Gasteiger partial charge is 0.492 e. The molecule has 2 aromatic carbocycles. The fraction of sp³-hybridized carbons (Fsp3) is 0.235. The second kappa shape index (κ2) is 6.23. The monoisotopic (exact) mass is 346 g/mol. The summed E-state index contributed by atoms with van der Waals surface area (Å²) in [5.74, 6) is 0.458. The number of hydrogen-bond acceptors (Lipinski definition) is 4. The van der Waals surface area contributed by atoms with Gasteiger partial charge in [-0.3, -0.25) is 0 Å². The second-order valence-electron chi connectivity index (χ2n) is 5.78. The summed E-state index contributed by atoms with van der Waals surface area (Å²) >= 11 is 0. The number of nitrogens with zero attached hydrogens (tertiary/aromatic N) is 1. The number of nitrogens with two attached hydrogens (primary N) is 1. The van der Waals surface area contributed by atoms with Crippen molar-refractivity contribution < 1.29 is 17.5 Å². The number of rotatable bonds is 5. The van der Waals surface area contributed by atoms with Crippen molar-refractivity contribution >= 4 is 10.0 Å². The van der Waals surface area contributed by atoms with Gasteiger partial charge in [-0.15, -0.1) is 0 Å². The molecule has 1 fully saturated rings. The molecule has 3 rings (SSSR count). The van der Waals surface area contributed by atoms with Crippen LogP contribution >= 0.6 is 0 Å². The smallest absolute Gasteiger partial charge is 0.238 e. The van der Waals surface area contributed by atoms with Gasteiger partial charge >= 0.3 is 0 Å². The van der Waals surface area contributed by atoms with Crippen molar-refractivity contribution in [2.75, 3.05) is 6.61 Å². The minimum Gasteiger partial charge on any atom is -0.492 e. The third-order valence-electron chi connectivity index (χ3n) is 4.07. The number of sulfonamides is 1. The molecule has 0 heterocycles. The van der Waals surface area contributed by atoms with Gasteiger partial charge in [-0.25, -0.2) is 17.9 Å². The summed E-state index contributed by atoms with van der Waals surface area (Å²) in [7, 11) is -3.68. The van der Waals surface area contributed by atoms with Crippen LogP contribution in [-0.4, -0.2) is 15.0 Å². The number of hydrogen-bond donors (Lipinski definition) is 1. The van der Waals surface area contributed by atoms with Gasteiger partial charge in [0.2, 0.25) is 10.0 Å². The molecule has 7 heteroatoms. The zero-order valence-corrected chi connectivity index (χ0v) is 13.5. The predicted octanol–water partition coefficient (Wildman–Crippen LogP) is 2.53. The van der Waals surface area contributed by atoms with Crippen molar-refractivity contribution in [3.8, 4) is 11.8 Å². The van der Waals surface area contributed by atoms with Gasteiger partial charge in [-0.2, -0.15) is 5.26 Å². The molecule has 1 saturated carbocycles. The first-order chi connectivity index (χ1) is 11.4. The first kappa shape index (κ1) is 16.4. The highest BCUT2D eigenvalue weighted by Gasteiger charge is 2.39. The molecule has 5 nitrogen and oxygen atoms in total. The number of halogens is 1. The highest BCUT2D eigenvalue weighted by molar-refractivity contribution is 7.89. The molecule has 0 saturated heterocycles. The minimum atomic E-state index is -3.68. The van der Waals surface area contributed by atoms with Gasteiger partial charge in [0.1, 0.15) is 17.6 Å². The number of benzene rings is 2. The Kier molecular flexibility index (Phi) is 4.26. The fourth-order valence-corrected chi connectivity index (χ4v) is 3.17. The normalized spacial score (nSPS) is 19.5. The molecule has 24 heavy (non-hydrogen) atoms. The molecule has 1 aliphatic carbocycles. The standard InChI is InChI=1S/C17H15FN2O3S/c18-14-3-6-17(12(7-14)9-19)23-10-13-8-16(13)11-1-4-15(5-2-11)24(20,21)22/h1-7,13,16H,8,10H2,(H2,20,21,22)/t13-,16+/m0/s1. The Morgan fingerprint density at radius 2 is 1.96 bits per heavy atom. The van der Waals surface area contributed by atoms with E-state index in [0.29, 0.717) is 12.4 Å². The summed E-state index contributed by atoms with van der Waals surface area (Å²) in [6.07, 6.45) is 0.914. The summed E-state index contributed by atoms with van der Waals surface area (Å²) in [4.78, 5) is 0.0877. The van der Waals surface area contributed by atoms with Crippen LogP contribution in [0.2, 0.25) is 0 Å². The fourth-order valence-electron chi connectivity index (χ4n) is 2.66. The van der Waals surface area contributed by atoms with Crippen molar-refractivity contribution in [3.05, 3.63) is 59.4 Å². The van der Waals surface area contributed by atoms with Gasteiger partial charge in [-0.1, -0.05) is 12.1 Å². The van der Waals surface area contributed by atoms with Gasteiger partial charge in [-0.05, 0) is 48.2 Å². The summed E-state index contributed by atoms with van der Waals surface area (Å²) in [6.45, 7) is 0.419. The molecule has 124 valence electrons. The molecular formula is C17H15FN2O3S. The van der Waals surface area contributed by atoms with Crippen LogP contribution in [-0.2, 0) is 10.0 Å². The highest BCUT2D eigenvalue weighted by atomic mass is 32.2. The molecule has 2 N–H and O–H groups in total. The first-order valence-electron chi connectivity index (χ1n) is 7.33. The van der Waals surface area contributed by atoms with Crippen LogP contribution in [0, 0.1) is 23.1 Å². The third kappa shape index (κ3) is 3.55. The van der Waals surface area contributed by atoms with E-state index in [2.05, 4.69) is 0 Å². The van der Waals surface area contributed by atoms with E-state index in [1.807, 2.05) is 6.07 Å². The Morgan fingerprint density at radius 3 is 2.58 bits per heavy atom. The van der Waals surface area contributed by atoms with Crippen LogP contribution in [0.25, 0.3) is 0 Å². The molecule has 2 aromatic rings.